The van der Waals surface area contributed by atoms with E-state index in [0.29, 0.717) is 18.2 Å². The van der Waals surface area contributed by atoms with Crippen molar-refractivity contribution in [2.45, 2.75) is 38.6 Å². The monoisotopic (exact) mass is 309 g/mol. The molecule has 2 aliphatic heterocycles. The molecule has 3 nitrogen and oxygen atoms in total. The first-order valence-electron chi connectivity index (χ1n) is 8.62. The molecule has 2 aliphatic rings. The van der Waals surface area contributed by atoms with Gasteiger partial charge in [-0.2, -0.15) is 0 Å². The third-order valence-corrected chi connectivity index (χ3v) is 5.65. The molecule has 3 heteroatoms. The second-order valence-corrected chi connectivity index (χ2v) is 6.71. The number of ether oxygens (including phenoxy) is 1. The van der Waals surface area contributed by atoms with E-state index >= 15 is 0 Å². The molecule has 2 heterocycles. The van der Waals surface area contributed by atoms with Gasteiger partial charge in [0.25, 0.3) is 0 Å². The number of fused-ring (bicyclic) bond motifs is 5. The number of methoxy groups -OCH3 is 1. The number of benzene rings is 2. The molecule has 0 bridgehead atoms. The molecule has 2 aromatic carbocycles. The summed E-state index contributed by atoms with van der Waals surface area (Å²) in [6, 6.07) is 11.0. The SMILES string of the molecule is CCC1CCC(=O)N2CCc3c(ccc4ccc(OC)cc34)C12. The maximum atomic E-state index is 12.4. The van der Waals surface area contributed by atoms with E-state index in [1.165, 1.54) is 21.9 Å². The lowest BCUT2D eigenvalue weighted by atomic mass is 9.77. The van der Waals surface area contributed by atoms with Crippen LogP contribution in [0.3, 0.4) is 0 Å². The molecular formula is C20H23NO2. The number of amides is 1. The highest BCUT2D eigenvalue weighted by Crippen LogP contribution is 2.44. The van der Waals surface area contributed by atoms with Crippen LogP contribution in [0.2, 0.25) is 0 Å². The first-order valence-corrected chi connectivity index (χ1v) is 8.62. The highest BCUT2D eigenvalue weighted by atomic mass is 16.5. The van der Waals surface area contributed by atoms with E-state index in [1.807, 2.05) is 6.07 Å². The summed E-state index contributed by atoms with van der Waals surface area (Å²) in [5, 5.41) is 2.54. The molecule has 0 aromatic heterocycles. The third kappa shape index (κ3) is 2.21. The summed E-state index contributed by atoms with van der Waals surface area (Å²) < 4.78 is 5.41. The Bertz CT molecular complexity index is 768. The van der Waals surface area contributed by atoms with Gasteiger partial charge >= 0.3 is 0 Å². The Kier molecular flexibility index (Phi) is 3.51. The number of hydrogen-bond acceptors (Lipinski definition) is 2. The quantitative estimate of drug-likeness (QED) is 0.836. The Morgan fingerprint density at radius 2 is 2.04 bits per heavy atom. The second kappa shape index (κ2) is 5.55. The van der Waals surface area contributed by atoms with Crippen LogP contribution in [-0.2, 0) is 11.2 Å². The van der Waals surface area contributed by atoms with Gasteiger partial charge in [0.05, 0.1) is 13.2 Å². The van der Waals surface area contributed by atoms with Gasteiger partial charge in [-0.05, 0) is 52.8 Å². The van der Waals surface area contributed by atoms with Crippen molar-refractivity contribution >= 4 is 16.7 Å². The summed E-state index contributed by atoms with van der Waals surface area (Å²) in [4.78, 5) is 14.5. The van der Waals surface area contributed by atoms with Crippen molar-refractivity contribution in [3.63, 3.8) is 0 Å². The topological polar surface area (TPSA) is 29.5 Å². The average Bonchev–Trinajstić information content (AvgIpc) is 2.61. The lowest BCUT2D eigenvalue weighted by Gasteiger charge is -2.45. The molecule has 2 atom stereocenters. The molecule has 120 valence electrons. The van der Waals surface area contributed by atoms with Crippen molar-refractivity contribution in [1.82, 2.24) is 4.90 Å². The lowest BCUT2D eigenvalue weighted by Crippen LogP contribution is -2.46. The van der Waals surface area contributed by atoms with E-state index < -0.39 is 0 Å². The van der Waals surface area contributed by atoms with Crippen LogP contribution in [0.4, 0.5) is 0 Å². The minimum atomic E-state index is 0.264. The van der Waals surface area contributed by atoms with Crippen LogP contribution < -0.4 is 4.74 Å². The van der Waals surface area contributed by atoms with Gasteiger partial charge in [-0.3, -0.25) is 4.79 Å². The van der Waals surface area contributed by atoms with E-state index in [4.69, 9.17) is 4.74 Å². The van der Waals surface area contributed by atoms with E-state index in [0.717, 1.165) is 31.6 Å². The number of piperidine rings is 1. The van der Waals surface area contributed by atoms with E-state index in [9.17, 15) is 4.79 Å². The fourth-order valence-corrected chi connectivity index (χ4v) is 4.43. The highest BCUT2D eigenvalue weighted by molar-refractivity contribution is 5.89. The van der Waals surface area contributed by atoms with E-state index in [2.05, 4.69) is 36.1 Å². The normalized spacial score (nSPS) is 23.6. The van der Waals surface area contributed by atoms with Crippen LogP contribution in [0.1, 0.15) is 43.4 Å². The summed E-state index contributed by atoms with van der Waals surface area (Å²) in [7, 11) is 1.71. The minimum absolute atomic E-state index is 0.264. The first kappa shape index (κ1) is 14.6. The van der Waals surface area contributed by atoms with Crippen LogP contribution in [0.5, 0.6) is 5.75 Å². The fraction of sp³-hybridized carbons (Fsp3) is 0.450. The molecule has 0 saturated carbocycles. The van der Waals surface area contributed by atoms with Gasteiger partial charge in [-0.1, -0.05) is 31.5 Å². The predicted molar refractivity (Wildman–Crippen MR) is 91.7 cm³/mol. The number of hydrogen-bond donors (Lipinski definition) is 0. The molecule has 0 N–H and O–H groups in total. The second-order valence-electron chi connectivity index (χ2n) is 6.71. The molecule has 2 unspecified atom stereocenters. The Labute approximate surface area is 137 Å². The molecule has 0 radical (unpaired) electrons. The molecular weight excluding hydrogens is 286 g/mol. The Morgan fingerprint density at radius 3 is 2.83 bits per heavy atom. The van der Waals surface area contributed by atoms with Gasteiger partial charge in [-0.25, -0.2) is 0 Å². The molecule has 0 aliphatic carbocycles. The largest absolute Gasteiger partial charge is 0.497 e. The Morgan fingerprint density at radius 1 is 1.22 bits per heavy atom. The molecule has 4 rings (SSSR count). The molecule has 0 spiro atoms. The zero-order chi connectivity index (χ0) is 16.0. The number of nitrogens with zero attached hydrogens (tertiary/aromatic N) is 1. The summed E-state index contributed by atoms with van der Waals surface area (Å²) >= 11 is 0. The fourth-order valence-electron chi connectivity index (χ4n) is 4.43. The Hall–Kier alpha value is -2.03. The van der Waals surface area contributed by atoms with Gasteiger partial charge in [0.2, 0.25) is 5.91 Å². The van der Waals surface area contributed by atoms with Crippen molar-refractivity contribution in [2.24, 2.45) is 5.92 Å². The number of carbonyl (C=O) groups excluding carboxylic acids is 1. The summed E-state index contributed by atoms with van der Waals surface area (Å²) in [5.74, 6) is 1.81. The van der Waals surface area contributed by atoms with Gasteiger partial charge in [0.15, 0.2) is 0 Å². The predicted octanol–water partition coefficient (Wildman–Crippen LogP) is 4.09. The molecule has 2 aromatic rings. The van der Waals surface area contributed by atoms with Crippen LogP contribution in [0, 0.1) is 5.92 Å². The standard InChI is InChI=1S/C20H23NO2/c1-3-13-6-9-19(22)21-11-10-16-17(20(13)21)8-5-14-4-7-15(23-2)12-18(14)16/h4-5,7-8,12-13,20H,3,6,9-11H2,1-2H3. The van der Waals surface area contributed by atoms with Crippen LogP contribution in [0.25, 0.3) is 10.8 Å². The van der Waals surface area contributed by atoms with Crippen molar-refractivity contribution in [1.29, 1.82) is 0 Å². The maximum absolute atomic E-state index is 12.4. The highest BCUT2D eigenvalue weighted by Gasteiger charge is 2.39. The molecule has 23 heavy (non-hydrogen) atoms. The number of carbonyl (C=O) groups is 1. The molecule has 1 amide bonds. The minimum Gasteiger partial charge on any atom is -0.497 e. The smallest absolute Gasteiger partial charge is 0.223 e. The number of rotatable bonds is 2. The van der Waals surface area contributed by atoms with Gasteiger partial charge < -0.3 is 9.64 Å². The van der Waals surface area contributed by atoms with Crippen molar-refractivity contribution in [3.8, 4) is 5.75 Å². The van der Waals surface area contributed by atoms with Crippen molar-refractivity contribution in [3.05, 3.63) is 41.5 Å². The average molecular weight is 309 g/mol. The van der Waals surface area contributed by atoms with E-state index in [-0.39, 0.29) is 6.04 Å². The molecule has 1 fully saturated rings. The Balaban J connectivity index is 1.89. The summed E-state index contributed by atoms with van der Waals surface area (Å²) in [6.45, 7) is 3.10. The lowest BCUT2D eigenvalue weighted by molar-refractivity contribution is -0.139. The van der Waals surface area contributed by atoms with Crippen LogP contribution in [-0.4, -0.2) is 24.5 Å². The van der Waals surface area contributed by atoms with Crippen molar-refractivity contribution in [2.75, 3.05) is 13.7 Å². The van der Waals surface area contributed by atoms with Crippen LogP contribution in [0.15, 0.2) is 30.3 Å². The summed E-state index contributed by atoms with van der Waals surface area (Å²) in [5.41, 5.74) is 2.77. The molecule has 1 saturated heterocycles. The van der Waals surface area contributed by atoms with Gasteiger partial charge in [0.1, 0.15) is 5.75 Å². The maximum Gasteiger partial charge on any atom is 0.223 e. The zero-order valence-corrected chi connectivity index (χ0v) is 13.8. The zero-order valence-electron chi connectivity index (χ0n) is 13.8. The first-order chi connectivity index (χ1) is 11.2. The van der Waals surface area contributed by atoms with Gasteiger partial charge in [0, 0.05) is 13.0 Å². The van der Waals surface area contributed by atoms with E-state index in [1.54, 1.807) is 7.11 Å². The third-order valence-electron chi connectivity index (χ3n) is 5.65. The van der Waals surface area contributed by atoms with Crippen LogP contribution >= 0.6 is 0 Å². The van der Waals surface area contributed by atoms with Gasteiger partial charge in [-0.15, -0.1) is 0 Å². The summed E-state index contributed by atoms with van der Waals surface area (Å²) in [6.07, 6.45) is 3.81. The van der Waals surface area contributed by atoms with Crippen molar-refractivity contribution < 1.29 is 9.53 Å².